The van der Waals surface area contributed by atoms with E-state index >= 15 is 0 Å². The molecule has 1 fully saturated rings. The number of carbonyl (C=O) groups is 2. The fourth-order valence-corrected chi connectivity index (χ4v) is 2.48. The highest BCUT2D eigenvalue weighted by Crippen LogP contribution is 2.34. The van der Waals surface area contributed by atoms with E-state index in [2.05, 4.69) is 5.32 Å². The van der Waals surface area contributed by atoms with Gasteiger partial charge in [0.2, 0.25) is 5.91 Å². The Morgan fingerprint density at radius 1 is 1.32 bits per heavy atom. The first-order valence-corrected chi connectivity index (χ1v) is 6.70. The lowest BCUT2D eigenvalue weighted by molar-refractivity contribution is -0.152. The predicted molar refractivity (Wildman–Crippen MR) is 72.0 cm³/mol. The Balaban J connectivity index is 1.77. The number of hydrogen-bond donors (Lipinski definition) is 2. The van der Waals surface area contributed by atoms with E-state index in [1.54, 1.807) is 6.07 Å². The largest absolute Gasteiger partial charge is 0.481 e. The monoisotopic (exact) mass is 281 g/mol. The van der Waals surface area contributed by atoms with Gasteiger partial charge in [0.15, 0.2) is 0 Å². The molecule has 2 rings (SSSR count). The molecule has 1 saturated carbocycles. The third kappa shape index (κ3) is 3.47. The summed E-state index contributed by atoms with van der Waals surface area (Å²) < 4.78 is 0. The van der Waals surface area contributed by atoms with Crippen molar-refractivity contribution < 1.29 is 14.7 Å². The number of aliphatic carboxylic acids is 1. The summed E-state index contributed by atoms with van der Waals surface area (Å²) in [5, 5.41) is 12.4. The van der Waals surface area contributed by atoms with Crippen molar-refractivity contribution in [2.45, 2.75) is 19.3 Å². The lowest BCUT2D eigenvalue weighted by Crippen LogP contribution is -2.44. The second kappa shape index (κ2) is 6.06. The van der Waals surface area contributed by atoms with Gasteiger partial charge >= 0.3 is 5.97 Å². The van der Waals surface area contributed by atoms with Crippen LogP contribution in [-0.2, 0) is 16.0 Å². The molecule has 1 amide bonds. The van der Waals surface area contributed by atoms with Gasteiger partial charge in [0.25, 0.3) is 0 Å². The fourth-order valence-electron chi connectivity index (χ4n) is 2.26. The molecule has 4 nitrogen and oxygen atoms in total. The number of hydrogen-bond acceptors (Lipinski definition) is 2. The number of nitrogens with one attached hydrogen (secondary N) is 1. The third-order valence-electron chi connectivity index (χ3n) is 3.53. The molecule has 0 heterocycles. The topological polar surface area (TPSA) is 66.4 Å². The molecule has 1 aromatic rings. The van der Waals surface area contributed by atoms with Gasteiger partial charge in [-0.05, 0) is 37.0 Å². The summed E-state index contributed by atoms with van der Waals surface area (Å²) in [7, 11) is 0. The molecule has 1 aromatic carbocycles. The summed E-state index contributed by atoms with van der Waals surface area (Å²) >= 11 is 5.87. The third-order valence-corrected chi connectivity index (χ3v) is 3.77. The van der Waals surface area contributed by atoms with Crippen LogP contribution in [0, 0.1) is 11.8 Å². The second-order valence-electron chi connectivity index (χ2n) is 4.80. The minimum absolute atomic E-state index is 0.152. The minimum atomic E-state index is -0.874. The summed E-state index contributed by atoms with van der Waals surface area (Å²) in [5.74, 6) is -1.90. The Labute approximate surface area is 116 Å². The number of rotatable bonds is 5. The summed E-state index contributed by atoms with van der Waals surface area (Å²) in [4.78, 5) is 22.6. The van der Waals surface area contributed by atoms with E-state index in [-0.39, 0.29) is 11.8 Å². The van der Waals surface area contributed by atoms with Gasteiger partial charge in [0.1, 0.15) is 0 Å². The zero-order valence-electron chi connectivity index (χ0n) is 10.4. The van der Waals surface area contributed by atoms with Crippen LogP contribution in [0.1, 0.15) is 18.4 Å². The van der Waals surface area contributed by atoms with Gasteiger partial charge in [-0.25, -0.2) is 0 Å². The van der Waals surface area contributed by atoms with E-state index in [1.807, 2.05) is 18.2 Å². The number of carboxylic acid groups (broad SMARTS) is 1. The molecular weight excluding hydrogens is 266 g/mol. The average molecular weight is 282 g/mol. The van der Waals surface area contributed by atoms with Crippen molar-refractivity contribution in [1.82, 2.24) is 5.32 Å². The maximum atomic E-state index is 11.8. The van der Waals surface area contributed by atoms with Gasteiger partial charge in [-0.2, -0.15) is 0 Å². The lowest BCUT2D eigenvalue weighted by Gasteiger charge is -2.31. The zero-order chi connectivity index (χ0) is 13.8. The SMILES string of the molecule is O=C(O)C1CCC1C(=O)NCCc1cccc(Cl)c1. The fraction of sp³-hybridized carbons (Fsp3) is 0.429. The van der Waals surface area contributed by atoms with Gasteiger partial charge < -0.3 is 10.4 Å². The Kier molecular flexibility index (Phi) is 4.43. The first-order valence-electron chi connectivity index (χ1n) is 6.33. The van der Waals surface area contributed by atoms with Crippen LogP contribution in [0.5, 0.6) is 0 Å². The number of halogens is 1. The number of benzene rings is 1. The van der Waals surface area contributed by atoms with Crippen molar-refractivity contribution in [2.24, 2.45) is 11.8 Å². The molecule has 0 spiro atoms. The van der Waals surface area contributed by atoms with Gasteiger partial charge in [-0.15, -0.1) is 0 Å². The normalized spacial score (nSPS) is 21.5. The molecule has 2 unspecified atom stereocenters. The number of amides is 1. The summed E-state index contributed by atoms with van der Waals surface area (Å²) in [6, 6.07) is 7.47. The van der Waals surface area contributed by atoms with Crippen LogP contribution >= 0.6 is 11.6 Å². The van der Waals surface area contributed by atoms with E-state index < -0.39 is 11.9 Å². The Morgan fingerprint density at radius 2 is 2.05 bits per heavy atom. The first kappa shape index (κ1) is 13.9. The molecule has 0 saturated heterocycles. The van der Waals surface area contributed by atoms with Gasteiger partial charge in [0, 0.05) is 11.6 Å². The molecule has 2 N–H and O–H groups in total. The minimum Gasteiger partial charge on any atom is -0.481 e. The summed E-state index contributed by atoms with van der Waals surface area (Å²) in [5.41, 5.74) is 1.05. The van der Waals surface area contributed by atoms with Gasteiger partial charge in [-0.1, -0.05) is 23.7 Å². The van der Waals surface area contributed by atoms with Crippen LogP contribution in [-0.4, -0.2) is 23.5 Å². The highest BCUT2D eigenvalue weighted by molar-refractivity contribution is 6.30. The highest BCUT2D eigenvalue weighted by atomic mass is 35.5. The van der Waals surface area contributed by atoms with Crippen LogP contribution in [0.25, 0.3) is 0 Å². The maximum absolute atomic E-state index is 11.8. The van der Waals surface area contributed by atoms with Crippen molar-refractivity contribution in [3.63, 3.8) is 0 Å². The van der Waals surface area contributed by atoms with Crippen LogP contribution in [0.15, 0.2) is 24.3 Å². The van der Waals surface area contributed by atoms with Crippen molar-refractivity contribution in [3.8, 4) is 0 Å². The number of carboxylic acids is 1. The summed E-state index contributed by atoms with van der Waals surface area (Å²) in [6.45, 7) is 0.502. The number of carbonyl (C=O) groups excluding carboxylic acids is 1. The summed E-state index contributed by atoms with van der Waals surface area (Å²) in [6.07, 6.45) is 1.96. The van der Waals surface area contributed by atoms with Crippen LogP contribution < -0.4 is 5.32 Å². The average Bonchev–Trinajstić information content (AvgIpc) is 2.26. The molecule has 102 valence electrons. The van der Waals surface area contributed by atoms with E-state index in [0.717, 1.165) is 5.56 Å². The maximum Gasteiger partial charge on any atom is 0.307 e. The van der Waals surface area contributed by atoms with Crippen molar-refractivity contribution in [3.05, 3.63) is 34.9 Å². The van der Waals surface area contributed by atoms with Crippen molar-refractivity contribution >= 4 is 23.5 Å². The van der Waals surface area contributed by atoms with E-state index in [1.165, 1.54) is 0 Å². The first-order chi connectivity index (χ1) is 9.08. The Bertz CT molecular complexity index is 489. The molecule has 5 heteroatoms. The molecule has 1 aliphatic rings. The van der Waals surface area contributed by atoms with Crippen LogP contribution in [0.3, 0.4) is 0 Å². The lowest BCUT2D eigenvalue weighted by atomic mass is 9.73. The molecule has 0 bridgehead atoms. The molecule has 0 aliphatic heterocycles. The van der Waals surface area contributed by atoms with E-state index in [9.17, 15) is 9.59 Å². The van der Waals surface area contributed by atoms with Crippen molar-refractivity contribution in [1.29, 1.82) is 0 Å². The second-order valence-corrected chi connectivity index (χ2v) is 5.24. The molecule has 0 radical (unpaired) electrons. The molecule has 19 heavy (non-hydrogen) atoms. The molecule has 1 aliphatic carbocycles. The molecule has 2 atom stereocenters. The molecule has 0 aromatic heterocycles. The highest BCUT2D eigenvalue weighted by Gasteiger charge is 2.41. The van der Waals surface area contributed by atoms with Gasteiger partial charge in [-0.3, -0.25) is 9.59 Å². The zero-order valence-corrected chi connectivity index (χ0v) is 11.2. The van der Waals surface area contributed by atoms with Crippen molar-refractivity contribution in [2.75, 3.05) is 6.54 Å². The molecular formula is C14H16ClNO3. The predicted octanol–water partition coefficient (Wildman–Crippen LogP) is 2.11. The van der Waals surface area contributed by atoms with E-state index in [4.69, 9.17) is 16.7 Å². The smallest absolute Gasteiger partial charge is 0.307 e. The Morgan fingerprint density at radius 3 is 2.63 bits per heavy atom. The standard InChI is InChI=1S/C14H16ClNO3/c15-10-3-1-2-9(8-10)6-7-16-13(17)11-4-5-12(11)14(18)19/h1-3,8,11-12H,4-7H2,(H,16,17)(H,18,19). The van der Waals surface area contributed by atoms with Gasteiger partial charge in [0.05, 0.1) is 11.8 Å². The van der Waals surface area contributed by atoms with Crippen LogP contribution in [0.2, 0.25) is 5.02 Å². The quantitative estimate of drug-likeness (QED) is 0.869. The Hall–Kier alpha value is -1.55. The van der Waals surface area contributed by atoms with Crippen LogP contribution in [0.4, 0.5) is 0 Å². The van der Waals surface area contributed by atoms with E-state index in [0.29, 0.717) is 30.8 Å².